The molecule has 1 heterocycles. The Morgan fingerprint density at radius 3 is 2.78 bits per heavy atom. The van der Waals surface area contributed by atoms with Gasteiger partial charge in [0, 0.05) is 31.7 Å². The molecule has 0 aromatic carbocycles. The first-order valence-corrected chi connectivity index (χ1v) is 6.39. The van der Waals surface area contributed by atoms with Crippen LogP contribution in [0.25, 0.3) is 0 Å². The SMILES string of the molecule is Cc1cccc(CN(C)C(=O)CCNC(C)C)n1. The van der Waals surface area contributed by atoms with Crippen molar-refractivity contribution in [3.8, 4) is 0 Å². The van der Waals surface area contributed by atoms with Crippen LogP contribution in [-0.2, 0) is 11.3 Å². The Balaban J connectivity index is 2.40. The van der Waals surface area contributed by atoms with Crippen LogP contribution < -0.4 is 5.32 Å². The number of carbonyl (C=O) groups is 1. The molecule has 0 spiro atoms. The van der Waals surface area contributed by atoms with E-state index in [1.54, 1.807) is 4.90 Å². The molecule has 0 bridgehead atoms. The molecule has 0 atom stereocenters. The van der Waals surface area contributed by atoms with Crippen molar-refractivity contribution < 1.29 is 4.79 Å². The van der Waals surface area contributed by atoms with E-state index in [1.807, 2.05) is 32.2 Å². The van der Waals surface area contributed by atoms with Crippen LogP contribution in [0.4, 0.5) is 0 Å². The second-order valence-corrected chi connectivity index (χ2v) is 4.88. The van der Waals surface area contributed by atoms with Crippen molar-refractivity contribution in [2.45, 2.75) is 39.8 Å². The van der Waals surface area contributed by atoms with Gasteiger partial charge in [0.05, 0.1) is 12.2 Å². The fourth-order valence-corrected chi connectivity index (χ4v) is 1.68. The van der Waals surface area contributed by atoms with Gasteiger partial charge in [0.25, 0.3) is 0 Å². The lowest BCUT2D eigenvalue weighted by atomic mass is 10.3. The van der Waals surface area contributed by atoms with Crippen molar-refractivity contribution >= 4 is 5.91 Å². The predicted octanol–water partition coefficient (Wildman–Crippen LogP) is 1.74. The first-order chi connectivity index (χ1) is 8.49. The van der Waals surface area contributed by atoms with E-state index >= 15 is 0 Å². The molecule has 1 aromatic rings. The lowest BCUT2D eigenvalue weighted by Crippen LogP contribution is -2.32. The number of carbonyl (C=O) groups excluding carboxylic acids is 1. The zero-order valence-corrected chi connectivity index (χ0v) is 11.7. The van der Waals surface area contributed by atoms with Crippen molar-refractivity contribution in [1.82, 2.24) is 15.2 Å². The highest BCUT2D eigenvalue weighted by molar-refractivity contribution is 5.76. The third-order valence-corrected chi connectivity index (χ3v) is 2.66. The number of amides is 1. The molecule has 1 rings (SSSR count). The molecule has 0 saturated carbocycles. The fraction of sp³-hybridized carbons (Fsp3) is 0.571. The van der Waals surface area contributed by atoms with Crippen LogP contribution >= 0.6 is 0 Å². The van der Waals surface area contributed by atoms with Gasteiger partial charge in [-0.2, -0.15) is 0 Å². The molecule has 0 aliphatic heterocycles. The van der Waals surface area contributed by atoms with Gasteiger partial charge < -0.3 is 10.2 Å². The van der Waals surface area contributed by atoms with E-state index in [1.165, 1.54) is 0 Å². The molecule has 4 heteroatoms. The van der Waals surface area contributed by atoms with Gasteiger partial charge in [-0.3, -0.25) is 9.78 Å². The Morgan fingerprint density at radius 1 is 1.44 bits per heavy atom. The van der Waals surface area contributed by atoms with Crippen molar-refractivity contribution in [2.75, 3.05) is 13.6 Å². The molecule has 0 unspecified atom stereocenters. The molecule has 100 valence electrons. The van der Waals surface area contributed by atoms with Crippen LogP contribution in [0.1, 0.15) is 31.7 Å². The van der Waals surface area contributed by atoms with Crippen LogP contribution in [0.15, 0.2) is 18.2 Å². The predicted molar refractivity (Wildman–Crippen MR) is 73.2 cm³/mol. The monoisotopic (exact) mass is 249 g/mol. The quantitative estimate of drug-likeness (QED) is 0.835. The molecule has 1 aromatic heterocycles. The second-order valence-electron chi connectivity index (χ2n) is 4.88. The van der Waals surface area contributed by atoms with Crippen LogP contribution in [0.2, 0.25) is 0 Å². The van der Waals surface area contributed by atoms with Gasteiger partial charge in [0.15, 0.2) is 0 Å². The standard InChI is InChI=1S/C14H23N3O/c1-11(2)15-9-8-14(18)17(4)10-13-7-5-6-12(3)16-13/h5-7,11,15H,8-10H2,1-4H3. The number of nitrogens with one attached hydrogen (secondary N) is 1. The fourth-order valence-electron chi connectivity index (χ4n) is 1.68. The van der Waals surface area contributed by atoms with Gasteiger partial charge >= 0.3 is 0 Å². The van der Waals surface area contributed by atoms with E-state index < -0.39 is 0 Å². The summed E-state index contributed by atoms with van der Waals surface area (Å²) in [5.74, 6) is 0.145. The molecule has 1 amide bonds. The zero-order chi connectivity index (χ0) is 13.5. The van der Waals surface area contributed by atoms with Crippen LogP contribution in [0.5, 0.6) is 0 Å². The van der Waals surface area contributed by atoms with E-state index in [0.29, 0.717) is 19.0 Å². The van der Waals surface area contributed by atoms with Gasteiger partial charge in [-0.1, -0.05) is 19.9 Å². The van der Waals surface area contributed by atoms with E-state index in [9.17, 15) is 4.79 Å². The smallest absolute Gasteiger partial charge is 0.223 e. The van der Waals surface area contributed by atoms with E-state index in [0.717, 1.165) is 17.9 Å². The Bertz CT molecular complexity index is 390. The lowest BCUT2D eigenvalue weighted by molar-refractivity contribution is -0.130. The Morgan fingerprint density at radius 2 is 2.17 bits per heavy atom. The highest BCUT2D eigenvalue weighted by Gasteiger charge is 2.09. The summed E-state index contributed by atoms with van der Waals surface area (Å²) in [4.78, 5) is 18.0. The lowest BCUT2D eigenvalue weighted by Gasteiger charge is -2.17. The maximum absolute atomic E-state index is 11.9. The first kappa shape index (κ1) is 14.6. The number of nitrogens with zero attached hydrogens (tertiary/aromatic N) is 2. The molecule has 18 heavy (non-hydrogen) atoms. The number of aryl methyl sites for hydroxylation is 1. The van der Waals surface area contributed by atoms with E-state index in [-0.39, 0.29) is 5.91 Å². The highest BCUT2D eigenvalue weighted by atomic mass is 16.2. The summed E-state index contributed by atoms with van der Waals surface area (Å²) in [5, 5.41) is 3.24. The summed E-state index contributed by atoms with van der Waals surface area (Å²) in [5.41, 5.74) is 1.91. The minimum atomic E-state index is 0.145. The normalized spacial score (nSPS) is 10.7. The molecule has 0 fully saturated rings. The highest BCUT2D eigenvalue weighted by Crippen LogP contribution is 2.03. The topological polar surface area (TPSA) is 45.2 Å². The first-order valence-electron chi connectivity index (χ1n) is 6.39. The molecule has 0 aliphatic carbocycles. The zero-order valence-electron chi connectivity index (χ0n) is 11.7. The maximum Gasteiger partial charge on any atom is 0.223 e. The average molecular weight is 249 g/mol. The molecule has 0 radical (unpaired) electrons. The third-order valence-electron chi connectivity index (χ3n) is 2.66. The second kappa shape index (κ2) is 7.11. The number of hydrogen-bond donors (Lipinski definition) is 1. The van der Waals surface area contributed by atoms with Crippen molar-refractivity contribution in [1.29, 1.82) is 0 Å². The van der Waals surface area contributed by atoms with Crippen molar-refractivity contribution in [3.05, 3.63) is 29.6 Å². The van der Waals surface area contributed by atoms with Gasteiger partial charge in [-0.15, -0.1) is 0 Å². The van der Waals surface area contributed by atoms with Gasteiger partial charge in [0.1, 0.15) is 0 Å². The summed E-state index contributed by atoms with van der Waals surface area (Å²) in [7, 11) is 1.82. The number of rotatable bonds is 6. The summed E-state index contributed by atoms with van der Waals surface area (Å²) >= 11 is 0. The van der Waals surface area contributed by atoms with Gasteiger partial charge in [-0.25, -0.2) is 0 Å². The third kappa shape index (κ3) is 5.27. The number of aromatic nitrogens is 1. The van der Waals surface area contributed by atoms with Gasteiger partial charge in [0.2, 0.25) is 5.91 Å². The summed E-state index contributed by atoms with van der Waals surface area (Å²) in [6.45, 7) is 7.40. The molecule has 0 aliphatic rings. The van der Waals surface area contributed by atoms with Crippen LogP contribution in [0, 0.1) is 6.92 Å². The van der Waals surface area contributed by atoms with Crippen LogP contribution in [0.3, 0.4) is 0 Å². The number of pyridine rings is 1. The molecular weight excluding hydrogens is 226 g/mol. The summed E-state index contributed by atoms with van der Waals surface area (Å²) < 4.78 is 0. The minimum Gasteiger partial charge on any atom is -0.340 e. The Labute approximate surface area is 109 Å². The van der Waals surface area contributed by atoms with E-state index in [2.05, 4.69) is 24.1 Å². The molecule has 1 N–H and O–H groups in total. The largest absolute Gasteiger partial charge is 0.340 e. The molecular formula is C14H23N3O. The van der Waals surface area contributed by atoms with E-state index in [4.69, 9.17) is 0 Å². The van der Waals surface area contributed by atoms with Gasteiger partial charge in [-0.05, 0) is 19.1 Å². The summed E-state index contributed by atoms with van der Waals surface area (Å²) in [6, 6.07) is 6.29. The van der Waals surface area contributed by atoms with Crippen molar-refractivity contribution in [2.24, 2.45) is 0 Å². The average Bonchev–Trinajstić information content (AvgIpc) is 2.28. The Kier molecular flexibility index (Phi) is 5.78. The minimum absolute atomic E-state index is 0.145. The Hall–Kier alpha value is -1.42. The number of hydrogen-bond acceptors (Lipinski definition) is 3. The van der Waals surface area contributed by atoms with Crippen LogP contribution in [-0.4, -0.2) is 35.4 Å². The summed E-state index contributed by atoms with van der Waals surface area (Å²) in [6.07, 6.45) is 0.528. The maximum atomic E-state index is 11.9. The molecule has 0 saturated heterocycles. The van der Waals surface area contributed by atoms with Crippen molar-refractivity contribution in [3.63, 3.8) is 0 Å². The molecule has 4 nitrogen and oxygen atoms in total.